The van der Waals surface area contributed by atoms with E-state index in [0.29, 0.717) is 11.8 Å². The molecule has 0 radical (unpaired) electrons. The molecule has 0 saturated carbocycles. The number of nitrogens with zero attached hydrogens (tertiary/aromatic N) is 1. The molecule has 0 N–H and O–H groups in total. The van der Waals surface area contributed by atoms with Crippen LogP contribution in [0, 0.1) is 41.5 Å². The van der Waals surface area contributed by atoms with E-state index in [2.05, 4.69) is 159 Å². The zero-order valence-corrected chi connectivity index (χ0v) is 30.3. The van der Waals surface area contributed by atoms with Crippen LogP contribution in [-0.4, -0.2) is 6.71 Å². The first kappa shape index (κ1) is 30.8. The third-order valence-corrected chi connectivity index (χ3v) is 11.1. The van der Waals surface area contributed by atoms with E-state index in [1.807, 2.05) is 0 Å². The van der Waals surface area contributed by atoms with Crippen molar-refractivity contribution in [2.24, 2.45) is 0 Å². The zero-order valence-electron chi connectivity index (χ0n) is 30.3. The lowest BCUT2D eigenvalue weighted by Crippen LogP contribution is -2.60. The highest BCUT2D eigenvalue weighted by Gasteiger charge is 2.41. The van der Waals surface area contributed by atoms with Gasteiger partial charge in [-0.15, -0.1) is 0 Å². The first-order valence-electron chi connectivity index (χ1n) is 17.8. The summed E-state index contributed by atoms with van der Waals surface area (Å²) in [5.41, 5.74) is 19.2. The molecule has 48 heavy (non-hydrogen) atoms. The molecule has 0 spiro atoms. The summed E-state index contributed by atoms with van der Waals surface area (Å²) >= 11 is 0. The summed E-state index contributed by atoms with van der Waals surface area (Å²) in [7, 11) is 0. The van der Waals surface area contributed by atoms with Crippen LogP contribution in [0.25, 0.3) is 32.3 Å². The van der Waals surface area contributed by atoms with Gasteiger partial charge in [0, 0.05) is 16.8 Å². The van der Waals surface area contributed by atoms with Crippen LogP contribution in [0.2, 0.25) is 0 Å². The second-order valence-corrected chi connectivity index (χ2v) is 15.3. The highest BCUT2D eigenvalue weighted by atomic mass is 15.2. The Labute approximate surface area is 287 Å². The molecule has 0 bridgehead atoms. The van der Waals surface area contributed by atoms with Crippen LogP contribution >= 0.6 is 0 Å². The zero-order chi connectivity index (χ0) is 33.8. The summed E-state index contributed by atoms with van der Waals surface area (Å²) in [5.74, 6) is 0.778. The quantitative estimate of drug-likeness (QED) is 0.139. The third-order valence-electron chi connectivity index (χ3n) is 11.1. The van der Waals surface area contributed by atoms with Crippen LogP contribution in [0.4, 0.5) is 17.1 Å². The van der Waals surface area contributed by atoms with Gasteiger partial charge in [0.25, 0.3) is 0 Å². The summed E-state index contributed by atoms with van der Waals surface area (Å²) in [4.78, 5) is 2.66. The number of rotatable bonds is 4. The Morgan fingerprint density at radius 1 is 0.521 bits per heavy atom. The fourth-order valence-electron chi connectivity index (χ4n) is 9.58. The molecule has 238 valence electrons. The number of para-hydroxylation sites is 1. The van der Waals surface area contributed by atoms with Crippen molar-refractivity contribution in [2.45, 2.75) is 81.1 Å². The lowest BCUT2D eigenvalue weighted by atomic mass is 9.32. The predicted molar refractivity (Wildman–Crippen MR) is 213 cm³/mol. The first-order valence-corrected chi connectivity index (χ1v) is 17.8. The van der Waals surface area contributed by atoms with Gasteiger partial charge < -0.3 is 4.90 Å². The van der Waals surface area contributed by atoms with Crippen molar-refractivity contribution in [1.82, 2.24) is 0 Å². The lowest BCUT2D eigenvalue weighted by Gasteiger charge is -2.42. The fraction of sp³-hybridized carbons (Fsp3) is 0.261. The van der Waals surface area contributed by atoms with Gasteiger partial charge in [-0.2, -0.15) is 0 Å². The maximum atomic E-state index is 2.66. The van der Waals surface area contributed by atoms with E-state index in [1.54, 1.807) is 0 Å². The summed E-state index contributed by atoms with van der Waals surface area (Å²) in [6.45, 7) is 23.3. The molecule has 0 aromatic heterocycles. The average molecular weight is 624 g/mol. The molecule has 2 heteroatoms. The SMILES string of the molecule is Cc1cc(C)c(B2c3ccccc3N(c3c(C)cc(C)cc3C)c3c2c(C(C)C)c2ccc4ccc(C(C)C)c5ccc3c2c45)c(C)c1. The molecule has 1 aliphatic rings. The van der Waals surface area contributed by atoms with Gasteiger partial charge in [0.05, 0.1) is 5.69 Å². The smallest absolute Gasteiger partial charge is 0.247 e. The van der Waals surface area contributed by atoms with Crippen molar-refractivity contribution in [3.63, 3.8) is 0 Å². The summed E-state index contributed by atoms with van der Waals surface area (Å²) in [6.07, 6.45) is 0. The van der Waals surface area contributed by atoms with Gasteiger partial charge >= 0.3 is 0 Å². The van der Waals surface area contributed by atoms with Gasteiger partial charge in [0.1, 0.15) is 0 Å². The minimum atomic E-state index is 0.115. The van der Waals surface area contributed by atoms with Crippen molar-refractivity contribution in [3.05, 3.63) is 129 Å². The number of anilines is 3. The standard InChI is InChI=1S/C46H46BN/c1-25(2)34-17-15-33-16-18-36-40(26(3)4)44-46(37-20-19-35(34)41(33)42(36)37)48(45-31(9)23-28(6)24-32(45)10)39-14-12-11-13-38(39)47(44)43-29(7)21-27(5)22-30(43)8/h11-26H,1-10H3. The Bertz CT molecular complexity index is 2380. The maximum Gasteiger partial charge on any atom is 0.247 e. The van der Waals surface area contributed by atoms with Gasteiger partial charge in [0.15, 0.2) is 0 Å². The highest BCUT2D eigenvalue weighted by Crippen LogP contribution is 2.49. The van der Waals surface area contributed by atoms with E-state index in [-0.39, 0.29) is 6.71 Å². The number of hydrogen-bond donors (Lipinski definition) is 0. The number of fused-ring (bicyclic) bond motifs is 3. The van der Waals surface area contributed by atoms with E-state index in [4.69, 9.17) is 0 Å². The van der Waals surface area contributed by atoms with E-state index >= 15 is 0 Å². The van der Waals surface area contributed by atoms with Crippen molar-refractivity contribution in [1.29, 1.82) is 0 Å². The molecule has 1 heterocycles. The third kappa shape index (κ3) is 4.31. The van der Waals surface area contributed by atoms with Crippen LogP contribution in [0.1, 0.15) is 84.0 Å². The topological polar surface area (TPSA) is 3.24 Å². The Morgan fingerprint density at radius 3 is 1.75 bits per heavy atom. The molecule has 0 amide bonds. The Hall–Kier alpha value is -4.56. The van der Waals surface area contributed by atoms with E-state index in [9.17, 15) is 0 Å². The van der Waals surface area contributed by atoms with Crippen molar-refractivity contribution < 1.29 is 0 Å². The monoisotopic (exact) mass is 623 g/mol. The van der Waals surface area contributed by atoms with Crippen molar-refractivity contribution >= 4 is 72.5 Å². The molecule has 0 fully saturated rings. The van der Waals surface area contributed by atoms with E-state index in [1.165, 1.54) is 110 Å². The van der Waals surface area contributed by atoms with Crippen molar-refractivity contribution in [3.8, 4) is 0 Å². The minimum absolute atomic E-state index is 0.115. The lowest BCUT2D eigenvalue weighted by molar-refractivity contribution is 0.877. The van der Waals surface area contributed by atoms with Gasteiger partial charge in [-0.05, 0) is 120 Å². The second-order valence-electron chi connectivity index (χ2n) is 15.3. The average Bonchev–Trinajstić information content (AvgIpc) is 3.02. The predicted octanol–water partition coefficient (Wildman–Crippen LogP) is 11.0. The maximum absolute atomic E-state index is 2.66. The van der Waals surface area contributed by atoms with Crippen molar-refractivity contribution in [2.75, 3.05) is 4.90 Å². The molecular weight excluding hydrogens is 577 g/mol. The largest absolute Gasteiger partial charge is 0.310 e. The fourth-order valence-corrected chi connectivity index (χ4v) is 9.58. The Kier molecular flexibility index (Phi) is 7.04. The summed E-state index contributed by atoms with van der Waals surface area (Å²) in [5, 5.41) is 8.30. The highest BCUT2D eigenvalue weighted by molar-refractivity contribution is 6.99. The van der Waals surface area contributed by atoms with Crippen LogP contribution in [0.15, 0.2) is 84.9 Å². The molecular formula is C46H46BN. The van der Waals surface area contributed by atoms with Gasteiger partial charge in [0.2, 0.25) is 6.71 Å². The molecule has 1 nitrogen and oxygen atoms in total. The second kappa shape index (κ2) is 11.0. The Balaban J connectivity index is 1.65. The number of hydrogen-bond acceptors (Lipinski definition) is 1. The molecule has 0 aliphatic carbocycles. The van der Waals surface area contributed by atoms with Crippen LogP contribution < -0.4 is 21.3 Å². The van der Waals surface area contributed by atoms with Crippen LogP contribution in [0.5, 0.6) is 0 Å². The first-order chi connectivity index (χ1) is 23.0. The van der Waals surface area contributed by atoms with Gasteiger partial charge in [-0.25, -0.2) is 0 Å². The van der Waals surface area contributed by atoms with Crippen LogP contribution in [-0.2, 0) is 0 Å². The molecule has 0 unspecified atom stereocenters. The van der Waals surface area contributed by atoms with Gasteiger partial charge in [-0.3, -0.25) is 0 Å². The molecule has 1 aliphatic heterocycles. The number of aryl methyl sites for hydroxylation is 6. The molecule has 0 atom stereocenters. The normalized spacial score (nSPS) is 13.1. The van der Waals surface area contributed by atoms with Gasteiger partial charge in [-0.1, -0.05) is 134 Å². The minimum Gasteiger partial charge on any atom is -0.310 e. The van der Waals surface area contributed by atoms with E-state index in [0.717, 1.165) is 0 Å². The van der Waals surface area contributed by atoms with Crippen LogP contribution in [0.3, 0.4) is 0 Å². The summed E-state index contributed by atoms with van der Waals surface area (Å²) in [6, 6.07) is 33.2. The molecule has 8 rings (SSSR count). The molecule has 7 aromatic carbocycles. The summed E-state index contributed by atoms with van der Waals surface area (Å²) < 4.78 is 0. The van der Waals surface area contributed by atoms with E-state index < -0.39 is 0 Å². The Morgan fingerprint density at radius 2 is 1.10 bits per heavy atom. The number of benzene rings is 7. The molecule has 7 aromatic rings. The molecule has 0 saturated heterocycles.